The molecule has 1 saturated carbocycles. The minimum Gasteiger partial charge on any atom is -0.370 e. The third kappa shape index (κ3) is 1.88. The van der Waals surface area contributed by atoms with Gasteiger partial charge in [-0.1, -0.05) is 0 Å². The molecule has 1 spiro atoms. The summed E-state index contributed by atoms with van der Waals surface area (Å²) in [6, 6.07) is 1.71. The van der Waals surface area contributed by atoms with Crippen molar-refractivity contribution in [1.29, 1.82) is 0 Å². The van der Waals surface area contributed by atoms with Crippen molar-refractivity contribution in [1.82, 2.24) is 4.98 Å². The van der Waals surface area contributed by atoms with Crippen molar-refractivity contribution >= 4 is 11.6 Å². The number of amides is 1. The molecular weight excluding hydrogens is 214 g/mol. The Labute approximate surface area is 101 Å². The molecule has 1 aromatic heterocycles. The number of hydrogen-bond acceptors (Lipinski definition) is 3. The van der Waals surface area contributed by atoms with Crippen LogP contribution in [0.5, 0.6) is 0 Å². The van der Waals surface area contributed by atoms with Crippen LogP contribution in [0.2, 0.25) is 0 Å². The van der Waals surface area contributed by atoms with Crippen LogP contribution in [0.4, 0.5) is 5.69 Å². The predicted octanol–water partition coefficient (Wildman–Crippen LogP) is 1.56. The van der Waals surface area contributed by atoms with Crippen molar-refractivity contribution in [3.05, 3.63) is 24.0 Å². The van der Waals surface area contributed by atoms with Crippen LogP contribution in [0.25, 0.3) is 0 Å². The van der Waals surface area contributed by atoms with Gasteiger partial charge in [0, 0.05) is 19.3 Å². The first kappa shape index (κ1) is 10.6. The Bertz CT molecular complexity index is 444. The Morgan fingerprint density at radius 3 is 2.59 bits per heavy atom. The summed E-state index contributed by atoms with van der Waals surface area (Å²) in [6.07, 6.45) is 8.62. The van der Waals surface area contributed by atoms with E-state index >= 15 is 0 Å². The summed E-state index contributed by atoms with van der Waals surface area (Å²) in [5.41, 5.74) is 7.53. The van der Waals surface area contributed by atoms with Gasteiger partial charge in [0.15, 0.2) is 0 Å². The number of nitrogens with two attached hydrogens (primary N) is 1. The minimum atomic E-state index is -0.367. The van der Waals surface area contributed by atoms with Crippen LogP contribution in [-0.2, 0) is 0 Å². The van der Waals surface area contributed by atoms with Crippen molar-refractivity contribution in [2.75, 3.05) is 18.0 Å². The molecule has 2 aliphatic rings. The van der Waals surface area contributed by atoms with Gasteiger partial charge in [0.25, 0.3) is 5.91 Å². The smallest absolute Gasteiger partial charge is 0.250 e. The summed E-state index contributed by atoms with van der Waals surface area (Å²) in [5, 5.41) is 0. The van der Waals surface area contributed by atoms with Gasteiger partial charge in [0.2, 0.25) is 0 Å². The lowest BCUT2D eigenvalue weighted by atomic mass is 9.93. The molecule has 3 rings (SSSR count). The second kappa shape index (κ2) is 3.72. The van der Waals surface area contributed by atoms with Crippen LogP contribution < -0.4 is 10.6 Å². The predicted molar refractivity (Wildman–Crippen MR) is 65.9 cm³/mol. The lowest BCUT2D eigenvalue weighted by molar-refractivity contribution is 0.100. The maximum absolute atomic E-state index is 11.4. The highest BCUT2D eigenvalue weighted by Gasteiger charge is 2.44. The number of primary amides is 1. The van der Waals surface area contributed by atoms with Gasteiger partial charge in [-0.25, -0.2) is 0 Å². The van der Waals surface area contributed by atoms with Gasteiger partial charge in [-0.05, 0) is 37.2 Å². The molecule has 1 saturated heterocycles. The molecular formula is C13H17N3O. The van der Waals surface area contributed by atoms with Gasteiger partial charge < -0.3 is 10.6 Å². The van der Waals surface area contributed by atoms with Crippen LogP contribution in [0.3, 0.4) is 0 Å². The Hall–Kier alpha value is -1.58. The topological polar surface area (TPSA) is 59.2 Å². The van der Waals surface area contributed by atoms with Gasteiger partial charge in [-0.2, -0.15) is 0 Å². The standard InChI is InChI=1S/C13H17N3O/c14-12(17)10-1-6-15-9-11(10)16-7-4-13(2-3-13)5-8-16/h1,6,9H,2-5,7-8H2,(H2,14,17). The molecule has 1 amide bonds. The van der Waals surface area contributed by atoms with Crippen LogP contribution in [0.15, 0.2) is 18.5 Å². The summed E-state index contributed by atoms with van der Waals surface area (Å²) in [7, 11) is 0. The molecule has 2 fully saturated rings. The van der Waals surface area contributed by atoms with E-state index in [-0.39, 0.29) is 5.91 Å². The van der Waals surface area contributed by atoms with E-state index < -0.39 is 0 Å². The summed E-state index contributed by atoms with van der Waals surface area (Å²) < 4.78 is 0. The Kier molecular flexibility index (Phi) is 2.31. The molecule has 0 aromatic carbocycles. The van der Waals surface area contributed by atoms with Crippen molar-refractivity contribution in [3.8, 4) is 0 Å². The van der Waals surface area contributed by atoms with E-state index in [2.05, 4.69) is 9.88 Å². The van der Waals surface area contributed by atoms with Gasteiger partial charge in [-0.15, -0.1) is 0 Å². The number of piperidine rings is 1. The largest absolute Gasteiger partial charge is 0.370 e. The number of aromatic nitrogens is 1. The number of hydrogen-bond donors (Lipinski definition) is 1. The molecule has 0 atom stereocenters. The normalized spacial score (nSPS) is 21.5. The first-order valence-electron chi connectivity index (χ1n) is 6.19. The van der Waals surface area contributed by atoms with Gasteiger partial charge in [0.1, 0.15) is 0 Å². The summed E-state index contributed by atoms with van der Waals surface area (Å²) in [5.74, 6) is -0.367. The van der Waals surface area contributed by atoms with Gasteiger partial charge >= 0.3 is 0 Å². The fraction of sp³-hybridized carbons (Fsp3) is 0.538. The number of rotatable bonds is 2. The summed E-state index contributed by atoms with van der Waals surface area (Å²) in [6.45, 7) is 2.04. The second-order valence-corrected chi connectivity index (χ2v) is 5.24. The third-order valence-corrected chi connectivity index (χ3v) is 4.19. The lowest BCUT2D eigenvalue weighted by Crippen LogP contribution is -2.35. The Morgan fingerprint density at radius 1 is 1.29 bits per heavy atom. The maximum Gasteiger partial charge on any atom is 0.250 e. The van der Waals surface area contributed by atoms with Crippen LogP contribution in [0, 0.1) is 5.41 Å². The molecule has 1 aliphatic heterocycles. The van der Waals surface area contributed by atoms with E-state index in [1.807, 2.05) is 0 Å². The lowest BCUT2D eigenvalue weighted by Gasteiger charge is -2.34. The quantitative estimate of drug-likeness (QED) is 0.840. The molecule has 0 unspecified atom stereocenters. The average molecular weight is 231 g/mol. The third-order valence-electron chi connectivity index (χ3n) is 4.19. The molecule has 0 radical (unpaired) electrons. The molecule has 4 heteroatoms. The molecule has 0 bridgehead atoms. The molecule has 2 heterocycles. The number of anilines is 1. The zero-order valence-corrected chi connectivity index (χ0v) is 9.85. The first-order valence-corrected chi connectivity index (χ1v) is 6.19. The molecule has 17 heavy (non-hydrogen) atoms. The highest BCUT2D eigenvalue weighted by molar-refractivity contribution is 5.98. The highest BCUT2D eigenvalue weighted by atomic mass is 16.1. The first-order chi connectivity index (χ1) is 8.20. The minimum absolute atomic E-state index is 0.367. The Morgan fingerprint density at radius 2 is 2.00 bits per heavy atom. The molecule has 1 aliphatic carbocycles. The number of carbonyl (C=O) groups is 1. The molecule has 4 nitrogen and oxygen atoms in total. The van der Waals surface area contributed by atoms with Crippen molar-refractivity contribution in [3.63, 3.8) is 0 Å². The van der Waals surface area contributed by atoms with Crippen molar-refractivity contribution in [2.24, 2.45) is 11.1 Å². The molecule has 2 N–H and O–H groups in total. The van der Waals surface area contributed by atoms with E-state index in [9.17, 15) is 4.79 Å². The SMILES string of the molecule is NC(=O)c1ccncc1N1CCC2(CC1)CC2. The zero-order chi connectivity index (χ0) is 11.9. The summed E-state index contributed by atoms with van der Waals surface area (Å²) >= 11 is 0. The van der Waals surface area contributed by atoms with E-state index in [1.165, 1.54) is 25.7 Å². The maximum atomic E-state index is 11.4. The van der Waals surface area contributed by atoms with Crippen LogP contribution in [-0.4, -0.2) is 24.0 Å². The molecule has 1 aromatic rings. The number of pyridine rings is 1. The fourth-order valence-electron chi connectivity index (χ4n) is 2.75. The van der Waals surface area contributed by atoms with Crippen LogP contribution in [0.1, 0.15) is 36.0 Å². The highest BCUT2D eigenvalue weighted by Crippen LogP contribution is 2.53. The van der Waals surface area contributed by atoms with E-state index in [4.69, 9.17) is 5.73 Å². The van der Waals surface area contributed by atoms with Gasteiger partial charge in [0.05, 0.1) is 17.4 Å². The fourth-order valence-corrected chi connectivity index (χ4v) is 2.75. The van der Waals surface area contributed by atoms with Crippen molar-refractivity contribution in [2.45, 2.75) is 25.7 Å². The monoisotopic (exact) mass is 231 g/mol. The van der Waals surface area contributed by atoms with Crippen molar-refractivity contribution < 1.29 is 4.79 Å². The molecule has 90 valence electrons. The van der Waals surface area contributed by atoms with Crippen LogP contribution >= 0.6 is 0 Å². The number of carbonyl (C=O) groups excluding carboxylic acids is 1. The second-order valence-electron chi connectivity index (χ2n) is 5.24. The van der Waals surface area contributed by atoms with E-state index in [0.29, 0.717) is 11.0 Å². The Balaban J connectivity index is 1.82. The number of nitrogens with zero attached hydrogens (tertiary/aromatic N) is 2. The average Bonchev–Trinajstić information content (AvgIpc) is 3.10. The van der Waals surface area contributed by atoms with E-state index in [0.717, 1.165) is 18.8 Å². The van der Waals surface area contributed by atoms with Gasteiger partial charge in [-0.3, -0.25) is 9.78 Å². The zero-order valence-electron chi connectivity index (χ0n) is 9.85. The summed E-state index contributed by atoms with van der Waals surface area (Å²) in [4.78, 5) is 17.7. The van der Waals surface area contributed by atoms with E-state index in [1.54, 1.807) is 18.5 Å².